The Morgan fingerprint density at radius 1 is 0.971 bits per heavy atom. The third-order valence-electron chi connectivity index (χ3n) is 7.80. The molecule has 184 valence electrons. The topological polar surface area (TPSA) is 75.3 Å². The third kappa shape index (κ3) is 6.37. The van der Waals surface area contributed by atoms with Crippen molar-refractivity contribution in [2.75, 3.05) is 6.54 Å². The van der Waals surface area contributed by atoms with Crippen LogP contribution in [-0.4, -0.2) is 30.1 Å². The molecule has 2 N–H and O–H groups in total. The standard InChI is InChI=1S/C29H40N2O3/c32-25(21-11-5-3-1-2-4-6-12-21)18-19-26(33)30-20-10-9-15-24-29(34)27-22-13-7-8-14-23(17-16-22)28(27)31-24/h7-8,13-14,17,21-22,24,31H,1-6,9-12,15-16,18-20H2,(H,30,33)/b13-7-,14-8-. The van der Waals surface area contributed by atoms with Gasteiger partial charge in [0.15, 0.2) is 5.78 Å². The van der Waals surface area contributed by atoms with Crippen LogP contribution in [0.1, 0.15) is 89.9 Å². The fourth-order valence-electron chi connectivity index (χ4n) is 5.78. The SMILES string of the molecule is O=C(CCC(=O)C1CCCCCCCC1)NCCCCC1NC2=C(C1=O)C1/C=C\C=C/C2=CC1. The minimum absolute atomic E-state index is 0.0294. The summed E-state index contributed by atoms with van der Waals surface area (Å²) in [4.78, 5) is 37.8. The number of nitrogens with one attached hydrogen (secondary N) is 2. The zero-order chi connectivity index (χ0) is 23.8. The van der Waals surface area contributed by atoms with Crippen molar-refractivity contribution in [3.05, 3.63) is 47.2 Å². The van der Waals surface area contributed by atoms with Crippen LogP contribution in [0.2, 0.25) is 0 Å². The average Bonchev–Trinajstić information content (AvgIpc) is 3.20. The van der Waals surface area contributed by atoms with Gasteiger partial charge >= 0.3 is 0 Å². The summed E-state index contributed by atoms with van der Waals surface area (Å²) in [5, 5.41) is 6.44. The van der Waals surface area contributed by atoms with Gasteiger partial charge in [-0.05, 0) is 44.1 Å². The summed E-state index contributed by atoms with van der Waals surface area (Å²) in [6.07, 6.45) is 23.9. The maximum atomic E-state index is 13.0. The number of rotatable bonds is 9. The van der Waals surface area contributed by atoms with Gasteiger partial charge in [-0.2, -0.15) is 0 Å². The molecule has 1 saturated carbocycles. The molecular formula is C29H40N2O3. The van der Waals surface area contributed by atoms with E-state index in [0.717, 1.165) is 68.2 Å². The van der Waals surface area contributed by atoms with Crippen LogP contribution in [0.4, 0.5) is 0 Å². The lowest BCUT2D eigenvalue weighted by Gasteiger charge is -2.21. The van der Waals surface area contributed by atoms with Crippen LogP contribution < -0.4 is 10.6 Å². The zero-order valence-corrected chi connectivity index (χ0v) is 20.5. The summed E-state index contributed by atoms with van der Waals surface area (Å²) in [6, 6.07) is -0.157. The number of unbranched alkanes of at least 4 members (excludes halogenated alkanes) is 1. The first-order valence-corrected chi connectivity index (χ1v) is 13.5. The average molecular weight is 465 g/mol. The van der Waals surface area contributed by atoms with Gasteiger partial charge in [0.05, 0.1) is 6.04 Å². The van der Waals surface area contributed by atoms with E-state index in [-0.39, 0.29) is 35.4 Å². The number of Topliss-reactive ketones (excluding diaryl/α,β-unsaturated/α-hetero) is 2. The van der Waals surface area contributed by atoms with Crippen LogP contribution in [0.5, 0.6) is 0 Å². The second kappa shape index (κ2) is 12.3. The Bertz CT molecular complexity index is 885. The quantitative estimate of drug-likeness (QED) is 0.458. The van der Waals surface area contributed by atoms with E-state index in [4.69, 9.17) is 0 Å². The highest BCUT2D eigenvalue weighted by Crippen LogP contribution is 2.37. The van der Waals surface area contributed by atoms with Crippen molar-refractivity contribution >= 4 is 17.5 Å². The summed E-state index contributed by atoms with van der Waals surface area (Å²) in [5.74, 6) is 0.825. The van der Waals surface area contributed by atoms with Crippen LogP contribution in [0.3, 0.4) is 0 Å². The van der Waals surface area contributed by atoms with Crippen molar-refractivity contribution in [1.29, 1.82) is 0 Å². The summed E-state index contributed by atoms with van der Waals surface area (Å²) in [7, 11) is 0. The number of amides is 1. The molecule has 1 aliphatic heterocycles. The number of hydrogen-bond donors (Lipinski definition) is 2. The first-order chi connectivity index (χ1) is 16.6. The van der Waals surface area contributed by atoms with Gasteiger partial charge in [-0.15, -0.1) is 0 Å². The largest absolute Gasteiger partial charge is 0.374 e. The second-order valence-electron chi connectivity index (χ2n) is 10.3. The predicted molar refractivity (Wildman–Crippen MR) is 135 cm³/mol. The van der Waals surface area contributed by atoms with E-state index >= 15 is 0 Å². The van der Waals surface area contributed by atoms with Gasteiger partial charge in [0.2, 0.25) is 5.91 Å². The van der Waals surface area contributed by atoms with Crippen LogP contribution in [-0.2, 0) is 14.4 Å². The van der Waals surface area contributed by atoms with Crippen LogP contribution in [0, 0.1) is 11.8 Å². The summed E-state index contributed by atoms with van der Waals surface area (Å²) in [6.45, 7) is 0.601. The van der Waals surface area contributed by atoms with E-state index in [2.05, 4.69) is 28.9 Å². The van der Waals surface area contributed by atoms with E-state index < -0.39 is 0 Å². The maximum absolute atomic E-state index is 13.0. The highest BCUT2D eigenvalue weighted by Gasteiger charge is 2.38. The highest BCUT2D eigenvalue weighted by molar-refractivity contribution is 6.04. The lowest BCUT2D eigenvalue weighted by Crippen LogP contribution is -2.30. The molecule has 0 aromatic rings. The van der Waals surface area contributed by atoms with Crippen LogP contribution in [0.25, 0.3) is 0 Å². The highest BCUT2D eigenvalue weighted by atomic mass is 16.2. The molecule has 2 atom stereocenters. The number of ketones is 2. The lowest BCUT2D eigenvalue weighted by molar-refractivity contribution is -0.127. The molecular weight excluding hydrogens is 424 g/mol. The summed E-state index contributed by atoms with van der Waals surface area (Å²) < 4.78 is 0. The van der Waals surface area contributed by atoms with Gasteiger partial charge in [-0.25, -0.2) is 0 Å². The van der Waals surface area contributed by atoms with E-state index in [1.807, 2.05) is 12.2 Å². The van der Waals surface area contributed by atoms with Gasteiger partial charge in [-0.3, -0.25) is 14.4 Å². The van der Waals surface area contributed by atoms with Crippen LogP contribution in [0.15, 0.2) is 47.2 Å². The molecule has 5 heteroatoms. The minimum atomic E-state index is -0.157. The Hall–Kier alpha value is -2.43. The van der Waals surface area contributed by atoms with Gasteiger partial charge < -0.3 is 10.6 Å². The molecule has 1 fully saturated rings. The minimum Gasteiger partial charge on any atom is -0.374 e. The molecule has 0 radical (unpaired) electrons. The maximum Gasteiger partial charge on any atom is 0.220 e. The van der Waals surface area contributed by atoms with Crippen molar-refractivity contribution in [2.24, 2.45) is 11.8 Å². The Morgan fingerprint density at radius 2 is 1.74 bits per heavy atom. The fourth-order valence-corrected chi connectivity index (χ4v) is 5.78. The molecule has 34 heavy (non-hydrogen) atoms. The van der Waals surface area contributed by atoms with Gasteiger partial charge in [0, 0.05) is 42.5 Å². The zero-order valence-electron chi connectivity index (χ0n) is 20.5. The van der Waals surface area contributed by atoms with E-state index in [1.165, 1.54) is 25.7 Å². The molecule has 0 aromatic carbocycles. The van der Waals surface area contributed by atoms with Crippen molar-refractivity contribution in [3.8, 4) is 0 Å². The fraction of sp³-hybridized carbons (Fsp3) is 0.621. The molecule has 2 bridgehead atoms. The summed E-state index contributed by atoms with van der Waals surface area (Å²) in [5.41, 5.74) is 3.09. The van der Waals surface area contributed by atoms with Gasteiger partial charge in [-0.1, -0.05) is 68.9 Å². The molecule has 1 amide bonds. The monoisotopic (exact) mass is 464 g/mol. The second-order valence-corrected chi connectivity index (χ2v) is 10.3. The first-order valence-electron chi connectivity index (χ1n) is 13.5. The molecule has 0 aromatic heterocycles. The van der Waals surface area contributed by atoms with Gasteiger partial charge in [0.1, 0.15) is 5.78 Å². The lowest BCUT2D eigenvalue weighted by atomic mass is 9.83. The molecule has 0 saturated heterocycles. The third-order valence-corrected chi connectivity index (χ3v) is 7.80. The van der Waals surface area contributed by atoms with Crippen molar-refractivity contribution in [2.45, 2.75) is 95.9 Å². The van der Waals surface area contributed by atoms with Crippen molar-refractivity contribution in [1.82, 2.24) is 10.6 Å². The molecule has 4 aliphatic rings. The van der Waals surface area contributed by atoms with Crippen molar-refractivity contribution in [3.63, 3.8) is 0 Å². The van der Waals surface area contributed by atoms with E-state index in [9.17, 15) is 14.4 Å². The molecule has 3 aliphatic carbocycles. The Kier molecular flexibility index (Phi) is 8.95. The normalized spacial score (nSPS) is 26.8. The number of carbonyl (C=O) groups excluding carboxylic acids is 3. The predicted octanol–water partition coefficient (Wildman–Crippen LogP) is 5.24. The van der Waals surface area contributed by atoms with Crippen molar-refractivity contribution < 1.29 is 14.4 Å². The van der Waals surface area contributed by atoms with Crippen LogP contribution >= 0.6 is 0 Å². The number of allylic oxidation sites excluding steroid dienone is 5. The number of carbonyl (C=O) groups is 3. The Morgan fingerprint density at radius 3 is 2.53 bits per heavy atom. The Balaban J connectivity index is 1.11. The smallest absolute Gasteiger partial charge is 0.220 e. The summed E-state index contributed by atoms with van der Waals surface area (Å²) >= 11 is 0. The van der Waals surface area contributed by atoms with Gasteiger partial charge in [0.25, 0.3) is 0 Å². The Labute approximate surface area is 204 Å². The molecule has 1 heterocycles. The molecule has 4 rings (SSSR count). The molecule has 0 spiro atoms. The number of hydrogen-bond acceptors (Lipinski definition) is 4. The molecule has 2 unspecified atom stereocenters. The molecule has 5 nitrogen and oxygen atoms in total. The van der Waals surface area contributed by atoms with E-state index in [1.54, 1.807) is 0 Å². The first kappa shape index (κ1) is 24.7. The van der Waals surface area contributed by atoms with E-state index in [0.29, 0.717) is 19.4 Å².